The Labute approximate surface area is 164 Å². The topological polar surface area (TPSA) is 63.9 Å². The van der Waals surface area contributed by atoms with Gasteiger partial charge in [0.1, 0.15) is 18.5 Å². The summed E-state index contributed by atoms with van der Waals surface area (Å²) in [5, 5.41) is 7.75. The Kier molecular flexibility index (Phi) is 4.77. The first-order valence-electron chi connectivity index (χ1n) is 9.44. The molecule has 1 atom stereocenters. The lowest BCUT2D eigenvalue weighted by atomic mass is 10.0. The molecule has 1 unspecified atom stereocenters. The predicted octanol–water partition coefficient (Wildman–Crippen LogP) is 3.67. The van der Waals surface area contributed by atoms with E-state index in [-0.39, 0.29) is 11.9 Å². The van der Waals surface area contributed by atoms with E-state index in [1.54, 1.807) is 17.2 Å². The van der Waals surface area contributed by atoms with E-state index in [1.165, 1.54) is 0 Å². The molecule has 0 spiro atoms. The summed E-state index contributed by atoms with van der Waals surface area (Å²) in [4.78, 5) is 19.4. The molecule has 1 amide bonds. The summed E-state index contributed by atoms with van der Waals surface area (Å²) in [6.45, 7) is 6.96. The summed E-state index contributed by atoms with van der Waals surface area (Å²) in [6.07, 6.45) is 9.28. The second-order valence-corrected chi connectivity index (χ2v) is 7.45. The first kappa shape index (κ1) is 18.1. The molecule has 142 valence electrons. The Morgan fingerprint density at radius 2 is 1.86 bits per heavy atom. The van der Waals surface area contributed by atoms with Crippen molar-refractivity contribution in [2.75, 3.05) is 6.54 Å². The molecule has 1 aliphatic rings. The fourth-order valence-electron chi connectivity index (χ4n) is 3.59. The van der Waals surface area contributed by atoms with Crippen LogP contribution >= 0.6 is 0 Å². The number of aryl methyl sites for hydroxylation is 1. The summed E-state index contributed by atoms with van der Waals surface area (Å²) in [7, 11) is 0. The molecule has 0 radical (unpaired) electrons. The second kappa shape index (κ2) is 7.38. The predicted molar refractivity (Wildman–Crippen MR) is 108 cm³/mol. The fraction of sp³-hybridized carbons (Fsp3) is 0.273. The SMILES string of the molecule is Cc1cnc(-n2cnnc2)c(-c2ccc(C(=O)N3CC=CC3C(C)C)cc2)c1. The monoisotopic (exact) mass is 373 g/mol. The van der Waals surface area contributed by atoms with Crippen LogP contribution in [0, 0.1) is 12.8 Å². The Hall–Kier alpha value is -3.28. The average Bonchev–Trinajstić information content (AvgIpc) is 3.39. The van der Waals surface area contributed by atoms with Crippen LogP contribution < -0.4 is 0 Å². The molecular formula is C22H23N5O. The lowest BCUT2D eigenvalue weighted by molar-refractivity contribution is 0.0720. The fourth-order valence-corrected chi connectivity index (χ4v) is 3.59. The van der Waals surface area contributed by atoms with Gasteiger partial charge in [-0.2, -0.15) is 0 Å². The summed E-state index contributed by atoms with van der Waals surface area (Å²) in [5.74, 6) is 1.22. The zero-order chi connectivity index (χ0) is 19.7. The van der Waals surface area contributed by atoms with Gasteiger partial charge in [0, 0.05) is 23.9 Å². The Morgan fingerprint density at radius 1 is 1.14 bits per heavy atom. The van der Waals surface area contributed by atoms with Gasteiger partial charge in [0.2, 0.25) is 0 Å². The van der Waals surface area contributed by atoms with E-state index in [0.29, 0.717) is 18.0 Å². The highest BCUT2D eigenvalue weighted by molar-refractivity contribution is 5.95. The molecule has 2 aromatic heterocycles. The summed E-state index contributed by atoms with van der Waals surface area (Å²) >= 11 is 0. The van der Waals surface area contributed by atoms with Crippen molar-refractivity contribution in [3.05, 3.63) is 72.5 Å². The molecule has 1 aliphatic heterocycles. The average molecular weight is 373 g/mol. The van der Waals surface area contributed by atoms with Crippen molar-refractivity contribution in [2.45, 2.75) is 26.8 Å². The van der Waals surface area contributed by atoms with E-state index in [1.807, 2.05) is 42.3 Å². The van der Waals surface area contributed by atoms with Crippen LogP contribution in [0.25, 0.3) is 16.9 Å². The van der Waals surface area contributed by atoms with Crippen LogP contribution in [0.1, 0.15) is 29.8 Å². The number of amides is 1. The largest absolute Gasteiger partial charge is 0.328 e. The number of benzene rings is 1. The third kappa shape index (κ3) is 3.33. The van der Waals surface area contributed by atoms with Crippen LogP contribution in [-0.4, -0.2) is 43.1 Å². The van der Waals surface area contributed by atoms with Crippen LogP contribution in [0.2, 0.25) is 0 Å². The first-order valence-corrected chi connectivity index (χ1v) is 9.44. The maximum absolute atomic E-state index is 13.0. The smallest absolute Gasteiger partial charge is 0.254 e. The second-order valence-electron chi connectivity index (χ2n) is 7.45. The zero-order valence-corrected chi connectivity index (χ0v) is 16.3. The molecule has 6 heteroatoms. The normalized spacial score (nSPS) is 16.1. The van der Waals surface area contributed by atoms with E-state index in [2.05, 4.69) is 47.2 Å². The van der Waals surface area contributed by atoms with Crippen LogP contribution in [-0.2, 0) is 0 Å². The molecule has 0 bridgehead atoms. The summed E-state index contributed by atoms with van der Waals surface area (Å²) in [5.41, 5.74) is 3.73. The minimum Gasteiger partial charge on any atom is -0.328 e. The molecule has 0 N–H and O–H groups in total. The van der Waals surface area contributed by atoms with Gasteiger partial charge in [-0.15, -0.1) is 10.2 Å². The number of hydrogen-bond acceptors (Lipinski definition) is 4. The lowest BCUT2D eigenvalue weighted by Crippen LogP contribution is -2.38. The van der Waals surface area contributed by atoms with E-state index in [4.69, 9.17) is 0 Å². The summed E-state index contributed by atoms with van der Waals surface area (Å²) in [6, 6.07) is 9.99. The number of pyridine rings is 1. The zero-order valence-electron chi connectivity index (χ0n) is 16.3. The Balaban J connectivity index is 1.64. The van der Waals surface area contributed by atoms with Crippen molar-refractivity contribution < 1.29 is 4.79 Å². The summed E-state index contributed by atoms with van der Waals surface area (Å²) < 4.78 is 1.79. The first-order chi connectivity index (χ1) is 13.5. The molecule has 3 aromatic rings. The standard InChI is InChI=1S/C22H23N5O/c1-15(2)20-5-4-10-27(20)22(28)18-8-6-17(7-9-18)19-11-16(3)12-23-21(19)26-13-24-25-14-26/h4-9,11-15,20H,10H2,1-3H3. The minimum absolute atomic E-state index is 0.0663. The molecule has 3 heterocycles. The molecule has 0 aliphatic carbocycles. The van der Waals surface area contributed by atoms with Gasteiger partial charge in [0.15, 0.2) is 0 Å². The van der Waals surface area contributed by atoms with Gasteiger partial charge in [0.25, 0.3) is 5.91 Å². The van der Waals surface area contributed by atoms with Gasteiger partial charge < -0.3 is 4.90 Å². The highest BCUT2D eigenvalue weighted by Crippen LogP contribution is 2.27. The third-order valence-corrected chi connectivity index (χ3v) is 5.05. The Morgan fingerprint density at radius 3 is 2.54 bits per heavy atom. The van der Waals surface area contributed by atoms with Crippen LogP contribution in [0.3, 0.4) is 0 Å². The van der Waals surface area contributed by atoms with E-state index in [9.17, 15) is 4.79 Å². The number of aromatic nitrogens is 4. The van der Waals surface area contributed by atoms with Crippen LogP contribution in [0.5, 0.6) is 0 Å². The molecular weight excluding hydrogens is 350 g/mol. The minimum atomic E-state index is 0.0663. The van der Waals surface area contributed by atoms with Crippen molar-refractivity contribution in [3.8, 4) is 16.9 Å². The van der Waals surface area contributed by atoms with E-state index in [0.717, 1.165) is 22.5 Å². The van der Waals surface area contributed by atoms with Crippen LogP contribution in [0.4, 0.5) is 0 Å². The van der Waals surface area contributed by atoms with E-state index >= 15 is 0 Å². The van der Waals surface area contributed by atoms with Gasteiger partial charge in [-0.3, -0.25) is 9.36 Å². The molecule has 0 saturated carbocycles. The lowest BCUT2D eigenvalue weighted by Gasteiger charge is -2.27. The quantitative estimate of drug-likeness (QED) is 0.655. The third-order valence-electron chi connectivity index (χ3n) is 5.05. The van der Waals surface area contributed by atoms with Gasteiger partial charge in [0.05, 0.1) is 6.04 Å². The maximum Gasteiger partial charge on any atom is 0.254 e. The number of carbonyl (C=O) groups excluding carboxylic acids is 1. The van der Waals surface area contributed by atoms with Gasteiger partial charge in [-0.05, 0) is 42.2 Å². The molecule has 0 fully saturated rings. The van der Waals surface area contributed by atoms with Crippen molar-refractivity contribution in [1.29, 1.82) is 0 Å². The van der Waals surface area contributed by atoms with Gasteiger partial charge in [-0.25, -0.2) is 4.98 Å². The number of hydrogen-bond donors (Lipinski definition) is 0. The molecule has 4 rings (SSSR count). The van der Waals surface area contributed by atoms with Gasteiger partial charge in [-0.1, -0.05) is 38.1 Å². The van der Waals surface area contributed by atoms with E-state index < -0.39 is 0 Å². The molecule has 1 aromatic carbocycles. The van der Waals surface area contributed by atoms with Crippen LogP contribution in [0.15, 0.2) is 61.3 Å². The molecule has 6 nitrogen and oxygen atoms in total. The van der Waals surface area contributed by atoms with Crippen molar-refractivity contribution in [1.82, 2.24) is 24.6 Å². The number of rotatable bonds is 4. The van der Waals surface area contributed by atoms with Gasteiger partial charge >= 0.3 is 0 Å². The number of carbonyl (C=O) groups is 1. The molecule has 0 saturated heterocycles. The van der Waals surface area contributed by atoms with Crippen molar-refractivity contribution in [3.63, 3.8) is 0 Å². The highest BCUT2D eigenvalue weighted by Gasteiger charge is 2.27. The number of nitrogens with zero attached hydrogens (tertiary/aromatic N) is 5. The Bertz CT molecular complexity index is 1010. The van der Waals surface area contributed by atoms with Crippen molar-refractivity contribution in [2.24, 2.45) is 5.92 Å². The highest BCUT2D eigenvalue weighted by atomic mass is 16.2. The molecule has 28 heavy (non-hydrogen) atoms. The maximum atomic E-state index is 13.0. The van der Waals surface area contributed by atoms with Crippen molar-refractivity contribution >= 4 is 5.91 Å².